The van der Waals surface area contributed by atoms with Gasteiger partial charge in [-0.05, 0) is 54.9 Å². The maximum Gasteiger partial charge on any atom is 0.00719 e. The predicted octanol–water partition coefficient (Wildman–Crippen LogP) is 5.55. The van der Waals surface area contributed by atoms with Crippen molar-refractivity contribution in [3.05, 3.63) is 42.5 Å². The van der Waals surface area contributed by atoms with Crippen LogP contribution < -0.4 is 0 Å². The average molecular weight is 260 g/mol. The number of thioether (sulfide) groups is 1. The monoisotopic (exact) mass is 260 g/mol. The zero-order valence-electron chi connectivity index (χ0n) is 11.6. The van der Waals surface area contributed by atoms with Crippen LogP contribution in [0.4, 0.5) is 0 Å². The molecule has 0 amide bonds. The Morgan fingerprint density at radius 1 is 1.28 bits per heavy atom. The van der Waals surface area contributed by atoms with E-state index in [4.69, 9.17) is 0 Å². The minimum absolute atomic E-state index is 0.451. The van der Waals surface area contributed by atoms with E-state index in [1.807, 2.05) is 11.8 Å². The van der Waals surface area contributed by atoms with Crippen molar-refractivity contribution in [2.75, 3.05) is 5.75 Å². The Hall–Kier alpha value is -0.690. The summed E-state index contributed by atoms with van der Waals surface area (Å²) in [5, 5.41) is 0. The molecular formula is C17H24S. The summed E-state index contributed by atoms with van der Waals surface area (Å²) in [5.41, 5.74) is 1.94. The second-order valence-electron chi connectivity index (χ2n) is 6.00. The molecule has 1 fully saturated rings. The molecule has 1 aliphatic rings. The van der Waals surface area contributed by atoms with Gasteiger partial charge >= 0.3 is 0 Å². The summed E-state index contributed by atoms with van der Waals surface area (Å²) in [4.78, 5) is 1.39. The zero-order valence-corrected chi connectivity index (χ0v) is 12.4. The third-order valence-corrected chi connectivity index (χ3v) is 5.22. The standard InChI is InChI=1S/C17H24S/c1-14-8-7-12-17(2,3)16(14)11-13-18-15-9-5-4-6-10-15/h4-6,9-10,16H,1,7-8,11-13H2,2-3H3. The number of allylic oxidation sites excluding steroid dienone is 1. The lowest BCUT2D eigenvalue weighted by Crippen LogP contribution is -2.29. The lowest BCUT2D eigenvalue weighted by atomic mass is 9.66. The summed E-state index contributed by atoms with van der Waals surface area (Å²) in [7, 11) is 0. The van der Waals surface area contributed by atoms with Crippen LogP contribution in [0, 0.1) is 11.3 Å². The highest BCUT2D eigenvalue weighted by molar-refractivity contribution is 7.99. The Bertz CT molecular complexity index is 391. The highest BCUT2D eigenvalue weighted by atomic mass is 32.2. The summed E-state index contributed by atoms with van der Waals surface area (Å²) in [6.45, 7) is 9.13. The fraction of sp³-hybridized carbons (Fsp3) is 0.529. The molecule has 0 aliphatic heterocycles. The largest absolute Gasteiger partial charge is 0.126 e. The van der Waals surface area contributed by atoms with Crippen LogP contribution in [0.25, 0.3) is 0 Å². The molecule has 0 N–H and O–H groups in total. The third kappa shape index (κ3) is 3.41. The number of rotatable bonds is 4. The van der Waals surface area contributed by atoms with E-state index >= 15 is 0 Å². The molecule has 0 saturated heterocycles. The molecule has 1 aromatic carbocycles. The quantitative estimate of drug-likeness (QED) is 0.505. The SMILES string of the molecule is C=C1CCCC(C)(C)C1CCSc1ccccc1. The van der Waals surface area contributed by atoms with Gasteiger partial charge in [0.2, 0.25) is 0 Å². The van der Waals surface area contributed by atoms with Crippen LogP contribution in [0.2, 0.25) is 0 Å². The average Bonchev–Trinajstić information content (AvgIpc) is 2.34. The fourth-order valence-corrected chi connectivity index (χ4v) is 4.02. The first kappa shape index (κ1) is 13.7. The Morgan fingerprint density at radius 3 is 2.67 bits per heavy atom. The lowest BCUT2D eigenvalue weighted by molar-refractivity contribution is 0.186. The van der Waals surface area contributed by atoms with E-state index < -0.39 is 0 Å². The topological polar surface area (TPSA) is 0 Å². The number of hydrogen-bond donors (Lipinski definition) is 0. The summed E-state index contributed by atoms with van der Waals surface area (Å²) in [6.07, 6.45) is 5.19. The molecule has 2 rings (SSSR count). The second-order valence-corrected chi connectivity index (χ2v) is 7.17. The van der Waals surface area contributed by atoms with E-state index in [1.165, 1.54) is 41.9 Å². The van der Waals surface area contributed by atoms with Crippen LogP contribution in [-0.4, -0.2) is 5.75 Å². The van der Waals surface area contributed by atoms with Crippen molar-refractivity contribution in [1.82, 2.24) is 0 Å². The molecule has 0 nitrogen and oxygen atoms in total. The van der Waals surface area contributed by atoms with Gasteiger partial charge in [0.15, 0.2) is 0 Å². The molecule has 0 spiro atoms. The van der Waals surface area contributed by atoms with Gasteiger partial charge in [0.25, 0.3) is 0 Å². The minimum Gasteiger partial charge on any atom is -0.126 e. The molecule has 1 aromatic rings. The summed E-state index contributed by atoms with van der Waals surface area (Å²) >= 11 is 1.98. The Morgan fingerprint density at radius 2 is 2.00 bits per heavy atom. The van der Waals surface area contributed by atoms with Gasteiger partial charge in [-0.1, -0.05) is 44.2 Å². The highest BCUT2D eigenvalue weighted by Gasteiger charge is 2.33. The van der Waals surface area contributed by atoms with E-state index in [9.17, 15) is 0 Å². The molecule has 98 valence electrons. The van der Waals surface area contributed by atoms with Crippen molar-refractivity contribution in [3.8, 4) is 0 Å². The Balaban J connectivity index is 1.87. The van der Waals surface area contributed by atoms with E-state index in [0.29, 0.717) is 11.3 Å². The molecule has 0 bridgehead atoms. The molecule has 0 heterocycles. The van der Waals surface area contributed by atoms with Crippen LogP contribution in [0.15, 0.2) is 47.4 Å². The predicted molar refractivity (Wildman–Crippen MR) is 82.0 cm³/mol. The fourth-order valence-electron chi connectivity index (χ4n) is 3.08. The minimum atomic E-state index is 0.451. The first-order chi connectivity index (χ1) is 8.59. The molecule has 18 heavy (non-hydrogen) atoms. The molecule has 1 atom stereocenters. The second kappa shape index (κ2) is 5.97. The summed E-state index contributed by atoms with van der Waals surface area (Å²) in [6, 6.07) is 10.7. The third-order valence-electron chi connectivity index (χ3n) is 4.17. The maximum absolute atomic E-state index is 4.31. The molecule has 1 heteroatoms. The van der Waals surface area contributed by atoms with Gasteiger partial charge in [-0.2, -0.15) is 0 Å². The van der Waals surface area contributed by atoms with Gasteiger partial charge in [0.1, 0.15) is 0 Å². The number of benzene rings is 1. The van der Waals surface area contributed by atoms with Crippen LogP contribution in [0.5, 0.6) is 0 Å². The lowest BCUT2D eigenvalue weighted by Gasteiger charge is -2.40. The molecular weight excluding hydrogens is 236 g/mol. The smallest absolute Gasteiger partial charge is 0.00719 e. The van der Waals surface area contributed by atoms with Crippen molar-refractivity contribution >= 4 is 11.8 Å². The Labute approximate surface area is 116 Å². The number of hydrogen-bond acceptors (Lipinski definition) is 1. The Kier molecular flexibility index (Phi) is 4.55. The summed E-state index contributed by atoms with van der Waals surface area (Å²) < 4.78 is 0. The van der Waals surface area contributed by atoms with Crippen molar-refractivity contribution in [2.24, 2.45) is 11.3 Å². The van der Waals surface area contributed by atoms with Crippen LogP contribution in [-0.2, 0) is 0 Å². The molecule has 1 unspecified atom stereocenters. The highest BCUT2D eigenvalue weighted by Crippen LogP contribution is 2.45. The molecule has 1 saturated carbocycles. The van der Waals surface area contributed by atoms with Crippen molar-refractivity contribution in [3.63, 3.8) is 0 Å². The van der Waals surface area contributed by atoms with Gasteiger partial charge in [0, 0.05) is 4.90 Å². The molecule has 0 radical (unpaired) electrons. The first-order valence-corrected chi connectivity index (χ1v) is 7.94. The van der Waals surface area contributed by atoms with E-state index in [1.54, 1.807) is 0 Å². The van der Waals surface area contributed by atoms with Crippen molar-refractivity contribution < 1.29 is 0 Å². The first-order valence-electron chi connectivity index (χ1n) is 6.95. The molecule has 1 aliphatic carbocycles. The van der Waals surface area contributed by atoms with E-state index in [-0.39, 0.29) is 0 Å². The molecule has 0 aromatic heterocycles. The zero-order chi connectivity index (χ0) is 13.0. The van der Waals surface area contributed by atoms with Crippen LogP contribution in [0.1, 0.15) is 39.5 Å². The van der Waals surface area contributed by atoms with Crippen LogP contribution >= 0.6 is 11.8 Å². The van der Waals surface area contributed by atoms with Crippen molar-refractivity contribution in [2.45, 2.75) is 44.4 Å². The van der Waals surface area contributed by atoms with E-state index in [2.05, 4.69) is 50.8 Å². The van der Waals surface area contributed by atoms with Gasteiger partial charge in [-0.3, -0.25) is 0 Å². The summed E-state index contributed by atoms with van der Waals surface area (Å²) in [5.74, 6) is 1.92. The van der Waals surface area contributed by atoms with Crippen molar-refractivity contribution in [1.29, 1.82) is 0 Å². The normalized spacial score (nSPS) is 23.0. The van der Waals surface area contributed by atoms with Gasteiger partial charge < -0.3 is 0 Å². The van der Waals surface area contributed by atoms with Gasteiger partial charge in [-0.25, -0.2) is 0 Å². The van der Waals surface area contributed by atoms with E-state index in [0.717, 1.165) is 0 Å². The van der Waals surface area contributed by atoms with Gasteiger partial charge in [-0.15, -0.1) is 11.8 Å². The maximum atomic E-state index is 4.31. The van der Waals surface area contributed by atoms with Crippen LogP contribution in [0.3, 0.4) is 0 Å². The van der Waals surface area contributed by atoms with Gasteiger partial charge in [0.05, 0.1) is 0 Å².